The quantitative estimate of drug-likeness (QED) is 0.148. The van der Waals surface area contributed by atoms with Gasteiger partial charge in [-0.05, 0) is 77.6 Å². The Balaban J connectivity index is 1.36. The van der Waals surface area contributed by atoms with E-state index in [4.69, 9.17) is 11.4 Å². The molecule has 0 spiro atoms. The minimum atomic E-state index is 0.749. The van der Waals surface area contributed by atoms with Crippen molar-refractivity contribution in [3.8, 4) is 29.2 Å². The van der Waals surface area contributed by atoms with E-state index in [-0.39, 0.29) is 0 Å². The van der Waals surface area contributed by atoms with Crippen LogP contribution in [0.15, 0.2) is 133 Å². The standard InChI is InChI=1S/C40H32N2/c1-6-27(3)39-37(7-2)42(38-26-23-34-15-11-12-16-36(34)40(38)39)35-24-21-33(22-25-35)32-19-17-31(18-20-32)29(5)41-28(4)30-13-9-8-10-14-30/h2,6,8-26H,5H2,1,3-4H3/b27-6-,41-28?. The molecule has 0 fully saturated rings. The Kier molecular flexibility index (Phi) is 7.17. The zero-order chi connectivity index (χ0) is 29.2. The smallest absolute Gasteiger partial charge is 0.105 e. The second-order valence-electron chi connectivity index (χ2n) is 10.5. The number of hydrogen-bond donors (Lipinski definition) is 0. The molecule has 5 aromatic carbocycles. The van der Waals surface area contributed by atoms with E-state index in [0.717, 1.165) is 56.1 Å². The summed E-state index contributed by atoms with van der Waals surface area (Å²) in [6.45, 7) is 10.4. The normalized spacial score (nSPS) is 12.0. The molecule has 0 saturated heterocycles. The van der Waals surface area contributed by atoms with E-state index in [0.29, 0.717) is 0 Å². The van der Waals surface area contributed by atoms with E-state index in [2.05, 4.69) is 134 Å². The molecule has 6 aromatic rings. The first-order valence-electron chi connectivity index (χ1n) is 14.2. The van der Waals surface area contributed by atoms with Crippen LogP contribution in [0.1, 0.15) is 43.2 Å². The van der Waals surface area contributed by atoms with Crippen LogP contribution >= 0.6 is 0 Å². The highest BCUT2D eigenvalue weighted by atomic mass is 15.0. The molecule has 1 heterocycles. The van der Waals surface area contributed by atoms with Crippen LogP contribution in [0.4, 0.5) is 0 Å². The topological polar surface area (TPSA) is 17.3 Å². The molecule has 0 unspecified atom stereocenters. The summed E-state index contributed by atoms with van der Waals surface area (Å²) in [6.07, 6.45) is 8.33. The van der Waals surface area contributed by atoms with Gasteiger partial charge >= 0.3 is 0 Å². The van der Waals surface area contributed by atoms with Crippen LogP contribution in [-0.2, 0) is 0 Å². The SMILES string of the molecule is C#Cc1c(/C(C)=C\C)c2c3ccccc3ccc2n1-c1ccc(-c2ccc(C(=C)N=C(C)c3ccccc3)cc2)cc1. The van der Waals surface area contributed by atoms with Gasteiger partial charge in [0.1, 0.15) is 5.69 Å². The molecule has 0 saturated carbocycles. The van der Waals surface area contributed by atoms with Gasteiger partial charge in [-0.3, -0.25) is 4.99 Å². The molecule has 0 radical (unpaired) electrons. The molecule has 0 aliphatic heterocycles. The average molecular weight is 541 g/mol. The van der Waals surface area contributed by atoms with E-state index >= 15 is 0 Å². The number of benzene rings is 5. The van der Waals surface area contributed by atoms with Gasteiger partial charge in [-0.25, -0.2) is 0 Å². The van der Waals surface area contributed by atoms with Crippen molar-refractivity contribution in [2.24, 2.45) is 4.99 Å². The molecule has 1 aromatic heterocycles. The maximum Gasteiger partial charge on any atom is 0.105 e. The van der Waals surface area contributed by atoms with Gasteiger partial charge < -0.3 is 4.57 Å². The summed E-state index contributed by atoms with van der Waals surface area (Å²) in [7, 11) is 0. The van der Waals surface area contributed by atoms with E-state index < -0.39 is 0 Å². The van der Waals surface area contributed by atoms with E-state index in [1.807, 2.05) is 25.1 Å². The average Bonchev–Trinajstić information content (AvgIpc) is 3.40. The highest BCUT2D eigenvalue weighted by Crippen LogP contribution is 2.38. The maximum absolute atomic E-state index is 6.20. The van der Waals surface area contributed by atoms with Crippen molar-refractivity contribution in [3.63, 3.8) is 0 Å². The summed E-state index contributed by atoms with van der Waals surface area (Å²) in [4.78, 5) is 4.74. The number of aromatic nitrogens is 1. The molecule has 202 valence electrons. The van der Waals surface area contributed by atoms with Crippen LogP contribution in [0.3, 0.4) is 0 Å². The molecule has 0 amide bonds. The molecule has 0 bridgehead atoms. The number of allylic oxidation sites excluding steroid dienone is 2. The third kappa shape index (κ3) is 4.76. The Morgan fingerprint density at radius 1 is 0.762 bits per heavy atom. The van der Waals surface area contributed by atoms with Gasteiger partial charge in [0.25, 0.3) is 0 Å². The van der Waals surface area contributed by atoms with Crippen molar-refractivity contribution in [1.29, 1.82) is 0 Å². The largest absolute Gasteiger partial charge is 0.302 e. The molecule has 0 atom stereocenters. The molecule has 0 aliphatic carbocycles. The fourth-order valence-electron chi connectivity index (χ4n) is 5.66. The number of terminal acetylenes is 1. The second kappa shape index (κ2) is 11.2. The summed E-state index contributed by atoms with van der Waals surface area (Å²) >= 11 is 0. The van der Waals surface area contributed by atoms with Crippen LogP contribution in [0.2, 0.25) is 0 Å². The predicted molar refractivity (Wildman–Crippen MR) is 181 cm³/mol. The first kappa shape index (κ1) is 26.8. The van der Waals surface area contributed by atoms with Crippen molar-refractivity contribution < 1.29 is 0 Å². The first-order valence-corrected chi connectivity index (χ1v) is 14.2. The Hall–Kier alpha value is -5.39. The molecule has 2 nitrogen and oxygen atoms in total. The van der Waals surface area contributed by atoms with Crippen molar-refractivity contribution >= 4 is 38.7 Å². The summed E-state index contributed by atoms with van der Waals surface area (Å²) in [5, 5.41) is 3.61. The molecule has 6 rings (SSSR count). The highest BCUT2D eigenvalue weighted by molar-refractivity contribution is 6.13. The molecule has 42 heavy (non-hydrogen) atoms. The fourth-order valence-corrected chi connectivity index (χ4v) is 5.66. The van der Waals surface area contributed by atoms with Gasteiger partial charge in [-0.15, -0.1) is 6.42 Å². The van der Waals surface area contributed by atoms with Crippen molar-refractivity contribution in [2.45, 2.75) is 20.8 Å². The molecule has 0 aliphatic rings. The Morgan fingerprint density at radius 3 is 2.07 bits per heavy atom. The van der Waals surface area contributed by atoms with Crippen LogP contribution in [0.5, 0.6) is 0 Å². The van der Waals surface area contributed by atoms with Gasteiger partial charge in [0.15, 0.2) is 0 Å². The van der Waals surface area contributed by atoms with Crippen LogP contribution in [0, 0.1) is 12.3 Å². The van der Waals surface area contributed by atoms with Crippen molar-refractivity contribution in [2.75, 3.05) is 0 Å². The third-order valence-corrected chi connectivity index (χ3v) is 7.99. The zero-order valence-corrected chi connectivity index (χ0v) is 24.2. The molecular weight excluding hydrogens is 508 g/mol. The van der Waals surface area contributed by atoms with Crippen molar-refractivity contribution in [3.05, 3.63) is 150 Å². The van der Waals surface area contributed by atoms with Gasteiger partial charge in [-0.2, -0.15) is 0 Å². The zero-order valence-electron chi connectivity index (χ0n) is 24.2. The monoisotopic (exact) mass is 540 g/mol. The van der Waals surface area contributed by atoms with Gasteiger partial charge in [0, 0.05) is 22.3 Å². The Bertz CT molecular complexity index is 2040. The Labute approximate surface area is 248 Å². The number of hydrogen-bond acceptors (Lipinski definition) is 1. The van der Waals surface area contributed by atoms with Crippen molar-refractivity contribution in [1.82, 2.24) is 4.57 Å². The minimum absolute atomic E-state index is 0.749. The lowest BCUT2D eigenvalue weighted by molar-refractivity contribution is 1.10. The summed E-state index contributed by atoms with van der Waals surface area (Å²) < 4.78 is 2.22. The van der Waals surface area contributed by atoms with Gasteiger partial charge in [0.05, 0.1) is 11.2 Å². The third-order valence-electron chi connectivity index (χ3n) is 7.99. The number of aliphatic imine (C=N–C) groups is 1. The van der Waals surface area contributed by atoms with Gasteiger partial charge in [-0.1, -0.05) is 116 Å². The van der Waals surface area contributed by atoms with Crippen LogP contribution in [-0.4, -0.2) is 10.3 Å². The first-order chi connectivity index (χ1) is 20.5. The van der Waals surface area contributed by atoms with E-state index in [1.165, 1.54) is 21.7 Å². The number of nitrogens with zero attached hydrogens (tertiary/aromatic N) is 2. The Morgan fingerprint density at radius 2 is 1.40 bits per heavy atom. The predicted octanol–water partition coefficient (Wildman–Crippen LogP) is 10.3. The fraction of sp³-hybridized carbons (Fsp3) is 0.0750. The summed E-state index contributed by atoms with van der Waals surface area (Å²) in [5.41, 5.74) is 11.4. The van der Waals surface area contributed by atoms with Crippen LogP contribution < -0.4 is 0 Å². The lowest BCUT2D eigenvalue weighted by Gasteiger charge is -2.11. The van der Waals surface area contributed by atoms with E-state index in [9.17, 15) is 0 Å². The highest BCUT2D eigenvalue weighted by Gasteiger charge is 2.20. The number of fused-ring (bicyclic) bond motifs is 3. The van der Waals surface area contributed by atoms with Gasteiger partial charge in [0.2, 0.25) is 0 Å². The minimum Gasteiger partial charge on any atom is -0.302 e. The number of rotatable bonds is 6. The molecule has 2 heteroatoms. The molecular formula is C40H32N2. The summed E-state index contributed by atoms with van der Waals surface area (Å²) in [6, 6.07) is 40.1. The maximum atomic E-state index is 6.20. The lowest BCUT2D eigenvalue weighted by Crippen LogP contribution is -1.98. The molecule has 0 N–H and O–H groups in total. The second-order valence-corrected chi connectivity index (χ2v) is 10.5. The van der Waals surface area contributed by atoms with Crippen LogP contribution in [0.25, 0.3) is 49.8 Å². The lowest BCUT2D eigenvalue weighted by atomic mass is 9.98. The summed E-state index contributed by atoms with van der Waals surface area (Å²) in [5.74, 6) is 3.02. The van der Waals surface area contributed by atoms with E-state index in [1.54, 1.807) is 0 Å².